The third kappa shape index (κ3) is 4.73. The number of aromatic nitrogens is 3. The van der Waals surface area contributed by atoms with Crippen molar-refractivity contribution >= 4 is 5.91 Å². The Bertz CT molecular complexity index is 1100. The summed E-state index contributed by atoms with van der Waals surface area (Å²) in [4.78, 5) is 19.4. The van der Waals surface area contributed by atoms with Crippen LogP contribution in [0.15, 0.2) is 18.3 Å². The van der Waals surface area contributed by atoms with Crippen LogP contribution >= 0.6 is 0 Å². The Balaban J connectivity index is 1.13. The number of halogens is 1. The van der Waals surface area contributed by atoms with E-state index < -0.39 is 5.82 Å². The van der Waals surface area contributed by atoms with E-state index in [1.165, 1.54) is 18.0 Å². The van der Waals surface area contributed by atoms with Gasteiger partial charge in [-0.25, -0.2) is 9.37 Å². The molecule has 2 aromatic rings. The molecule has 0 radical (unpaired) electrons. The zero-order valence-electron chi connectivity index (χ0n) is 20.4. The summed E-state index contributed by atoms with van der Waals surface area (Å²) < 4.78 is 33.5. The van der Waals surface area contributed by atoms with Crippen molar-refractivity contribution in [2.24, 2.45) is 5.92 Å². The smallest absolute Gasteiger partial charge is 0.274 e. The Morgan fingerprint density at radius 2 is 2.08 bits per heavy atom. The second-order valence-corrected chi connectivity index (χ2v) is 10.3. The third-order valence-corrected chi connectivity index (χ3v) is 7.92. The number of likely N-dealkylation sites (tertiary alicyclic amines) is 1. The number of carbonyl (C=O) groups excluding carboxylic acids is 1. The van der Waals surface area contributed by atoms with Crippen molar-refractivity contribution in [1.29, 1.82) is 0 Å². The number of aliphatic hydroxyl groups is 1. The molecule has 2 aromatic heterocycles. The van der Waals surface area contributed by atoms with Crippen LogP contribution in [-0.2, 0) is 22.4 Å². The molecule has 0 bridgehead atoms. The van der Waals surface area contributed by atoms with Crippen LogP contribution in [0.2, 0.25) is 0 Å². The lowest BCUT2D eigenvalue weighted by molar-refractivity contribution is -0.0454. The topological polar surface area (TPSA) is 98.9 Å². The molecule has 1 amide bonds. The van der Waals surface area contributed by atoms with Gasteiger partial charge in [-0.3, -0.25) is 9.48 Å². The van der Waals surface area contributed by atoms with Gasteiger partial charge in [0, 0.05) is 43.4 Å². The first kappa shape index (κ1) is 23.8. The van der Waals surface area contributed by atoms with E-state index in [0.717, 1.165) is 31.2 Å². The summed E-state index contributed by atoms with van der Waals surface area (Å²) in [7, 11) is 0. The van der Waals surface area contributed by atoms with Crippen LogP contribution in [0.25, 0.3) is 0 Å². The van der Waals surface area contributed by atoms with Gasteiger partial charge >= 0.3 is 0 Å². The van der Waals surface area contributed by atoms with E-state index in [-0.39, 0.29) is 36.7 Å². The molecule has 1 N–H and O–H groups in total. The second-order valence-electron chi connectivity index (χ2n) is 10.3. The van der Waals surface area contributed by atoms with E-state index >= 15 is 0 Å². The Morgan fingerprint density at radius 3 is 2.89 bits per heavy atom. The molecule has 6 rings (SSSR count). The Hall–Kier alpha value is -2.56. The maximum Gasteiger partial charge on any atom is 0.274 e. The van der Waals surface area contributed by atoms with E-state index in [9.17, 15) is 9.18 Å². The average molecular weight is 501 g/mol. The fourth-order valence-electron chi connectivity index (χ4n) is 5.98. The molecule has 194 valence electrons. The molecular weight excluding hydrogens is 467 g/mol. The van der Waals surface area contributed by atoms with Crippen molar-refractivity contribution in [2.45, 2.75) is 69.3 Å². The van der Waals surface area contributed by atoms with Crippen LogP contribution in [0.1, 0.15) is 59.8 Å². The first-order valence-electron chi connectivity index (χ1n) is 13.1. The van der Waals surface area contributed by atoms with Crippen molar-refractivity contribution in [3.05, 3.63) is 41.1 Å². The number of amides is 1. The summed E-state index contributed by atoms with van der Waals surface area (Å²) in [5.74, 6) is 0.658. The van der Waals surface area contributed by atoms with Crippen molar-refractivity contribution in [3.63, 3.8) is 0 Å². The molecule has 2 aliphatic carbocycles. The summed E-state index contributed by atoms with van der Waals surface area (Å²) >= 11 is 0. The molecule has 1 saturated carbocycles. The average Bonchev–Trinajstić information content (AvgIpc) is 3.42. The highest BCUT2D eigenvalue weighted by molar-refractivity contribution is 5.94. The predicted molar refractivity (Wildman–Crippen MR) is 126 cm³/mol. The van der Waals surface area contributed by atoms with Crippen molar-refractivity contribution in [1.82, 2.24) is 19.7 Å². The summed E-state index contributed by atoms with van der Waals surface area (Å²) in [5, 5.41) is 13.8. The molecule has 2 saturated heterocycles. The number of rotatable bonds is 8. The van der Waals surface area contributed by atoms with Crippen LogP contribution in [0.5, 0.6) is 5.88 Å². The summed E-state index contributed by atoms with van der Waals surface area (Å²) in [6, 6.07) is 2.89. The van der Waals surface area contributed by atoms with E-state index in [4.69, 9.17) is 24.4 Å². The second kappa shape index (κ2) is 10.1. The van der Waals surface area contributed by atoms with E-state index in [1.54, 1.807) is 6.07 Å². The molecule has 0 unspecified atom stereocenters. The summed E-state index contributed by atoms with van der Waals surface area (Å²) in [6.45, 7) is 2.71. The highest BCUT2D eigenvalue weighted by atomic mass is 19.1. The number of ether oxygens (including phenoxy) is 3. The first-order chi connectivity index (χ1) is 17.6. The molecule has 2 aliphatic heterocycles. The van der Waals surface area contributed by atoms with Crippen LogP contribution in [0, 0.1) is 11.7 Å². The minimum Gasteiger partial charge on any atom is -0.472 e. The van der Waals surface area contributed by atoms with E-state index in [1.807, 2.05) is 9.58 Å². The van der Waals surface area contributed by atoms with Gasteiger partial charge in [0.1, 0.15) is 6.10 Å². The van der Waals surface area contributed by atoms with Gasteiger partial charge in [0.25, 0.3) is 11.8 Å². The number of hydrogen-bond donors (Lipinski definition) is 1. The van der Waals surface area contributed by atoms with Crippen LogP contribution < -0.4 is 4.74 Å². The highest BCUT2D eigenvalue weighted by Gasteiger charge is 2.50. The SMILES string of the molecule is O=C(c1nn(C[C@H]2C[C@H](Oc3ncccc3F)CCO2)c2c1[C@@H]1C[C@@H]1C2)N1CCC(OCCO)CC1. The van der Waals surface area contributed by atoms with Gasteiger partial charge in [-0.15, -0.1) is 0 Å². The van der Waals surface area contributed by atoms with Crippen molar-refractivity contribution in [3.8, 4) is 5.88 Å². The van der Waals surface area contributed by atoms with Crippen LogP contribution in [-0.4, -0.2) is 81.9 Å². The summed E-state index contributed by atoms with van der Waals surface area (Å²) in [6.07, 6.45) is 6.25. The van der Waals surface area contributed by atoms with Gasteiger partial charge in [-0.2, -0.15) is 5.10 Å². The highest BCUT2D eigenvalue weighted by Crippen LogP contribution is 2.57. The normalized spacial score (nSPS) is 27.6. The number of pyridine rings is 1. The lowest BCUT2D eigenvalue weighted by Crippen LogP contribution is -2.41. The van der Waals surface area contributed by atoms with Crippen molar-refractivity contribution < 1.29 is 28.5 Å². The standard InChI is InChI=1S/C26H33FN4O5/c27-21-2-1-6-28-25(21)36-18-5-10-34-19(14-18)15-31-22-13-16-12-20(16)23(22)24(29-31)26(33)30-7-3-17(4-8-30)35-11-9-32/h1-2,6,16-20,32H,3-5,7-15H2/t16-,18-,19-,20-/m1/s1. The lowest BCUT2D eigenvalue weighted by atomic mass is 10.0. The lowest BCUT2D eigenvalue weighted by Gasteiger charge is -2.31. The molecule has 0 aromatic carbocycles. The quantitative estimate of drug-likeness (QED) is 0.594. The van der Waals surface area contributed by atoms with E-state index in [2.05, 4.69) is 4.98 Å². The minimum atomic E-state index is -0.461. The zero-order chi connectivity index (χ0) is 24.6. The molecule has 4 heterocycles. The van der Waals surface area contributed by atoms with Gasteiger partial charge in [0.2, 0.25) is 0 Å². The monoisotopic (exact) mass is 500 g/mol. The fourth-order valence-corrected chi connectivity index (χ4v) is 5.98. The molecule has 4 aliphatic rings. The number of hydrogen-bond acceptors (Lipinski definition) is 7. The van der Waals surface area contributed by atoms with Crippen LogP contribution in [0.3, 0.4) is 0 Å². The van der Waals surface area contributed by atoms with Crippen molar-refractivity contribution in [2.75, 3.05) is 32.9 Å². The van der Waals surface area contributed by atoms with Gasteiger partial charge in [-0.1, -0.05) is 0 Å². The Labute approximate surface area is 209 Å². The molecule has 10 heteroatoms. The number of nitrogens with zero attached hydrogens (tertiary/aromatic N) is 4. The zero-order valence-corrected chi connectivity index (χ0v) is 20.4. The molecule has 3 fully saturated rings. The number of carbonyl (C=O) groups is 1. The maximum absolute atomic E-state index is 14.0. The van der Waals surface area contributed by atoms with E-state index in [0.29, 0.717) is 63.2 Å². The number of fused-ring (bicyclic) bond motifs is 3. The van der Waals surface area contributed by atoms with Gasteiger partial charge in [-0.05, 0) is 49.7 Å². The van der Waals surface area contributed by atoms with Crippen LogP contribution in [0.4, 0.5) is 4.39 Å². The molecule has 9 nitrogen and oxygen atoms in total. The first-order valence-corrected chi connectivity index (χ1v) is 13.1. The maximum atomic E-state index is 14.0. The summed E-state index contributed by atoms with van der Waals surface area (Å²) in [5.41, 5.74) is 2.91. The van der Waals surface area contributed by atoms with Gasteiger partial charge in [0.15, 0.2) is 11.5 Å². The van der Waals surface area contributed by atoms with Gasteiger partial charge < -0.3 is 24.2 Å². The fraction of sp³-hybridized carbons (Fsp3) is 0.654. The Kier molecular flexibility index (Phi) is 6.66. The predicted octanol–water partition coefficient (Wildman–Crippen LogP) is 2.32. The molecule has 4 atom stereocenters. The molecular formula is C26H33FN4O5. The largest absolute Gasteiger partial charge is 0.472 e. The molecule has 36 heavy (non-hydrogen) atoms. The molecule has 0 spiro atoms. The number of piperidine rings is 1. The number of aliphatic hydroxyl groups excluding tert-OH is 1. The third-order valence-electron chi connectivity index (χ3n) is 7.92. The Morgan fingerprint density at radius 1 is 1.22 bits per heavy atom. The minimum absolute atomic E-state index is 0.00885. The van der Waals surface area contributed by atoms with Gasteiger partial charge in [0.05, 0.1) is 38.6 Å².